The van der Waals surface area contributed by atoms with E-state index in [1.54, 1.807) is 18.5 Å². The van der Waals surface area contributed by atoms with E-state index in [0.29, 0.717) is 6.54 Å². The van der Waals surface area contributed by atoms with Gasteiger partial charge in [-0.05, 0) is 30.8 Å². The van der Waals surface area contributed by atoms with Crippen LogP contribution in [0.15, 0.2) is 67.1 Å². The van der Waals surface area contributed by atoms with Crippen molar-refractivity contribution in [3.05, 3.63) is 78.3 Å². The third kappa shape index (κ3) is 4.78. The number of likely N-dealkylation sites (N-methyl/N-ethyl adjacent to an activating group) is 1. The minimum atomic E-state index is 0.0473. The summed E-state index contributed by atoms with van der Waals surface area (Å²) in [4.78, 5) is 21.0. The standard InChI is InChI=1S/C23H25N5O/c1-26-12-14-27(15-13-26)22(29)10-9-21-18-28(17-19-6-3-2-4-7-19)25-23(21)20-8-5-11-24-16-20/h2-11,16,18H,12-15,17H2,1H3/b10-9+. The minimum absolute atomic E-state index is 0.0473. The molecule has 0 N–H and O–H groups in total. The molecule has 0 spiro atoms. The number of hydrogen-bond acceptors (Lipinski definition) is 4. The summed E-state index contributed by atoms with van der Waals surface area (Å²) in [5, 5.41) is 4.77. The number of nitrogens with zero attached hydrogens (tertiary/aromatic N) is 5. The molecule has 0 saturated carbocycles. The molecule has 6 heteroatoms. The fraction of sp³-hybridized carbons (Fsp3) is 0.261. The fourth-order valence-electron chi connectivity index (χ4n) is 3.43. The Labute approximate surface area is 171 Å². The van der Waals surface area contributed by atoms with Gasteiger partial charge >= 0.3 is 0 Å². The van der Waals surface area contributed by atoms with Crippen LogP contribution in [0.25, 0.3) is 17.3 Å². The summed E-state index contributed by atoms with van der Waals surface area (Å²) in [6.07, 6.45) is 9.07. The summed E-state index contributed by atoms with van der Waals surface area (Å²) in [6.45, 7) is 4.03. The van der Waals surface area contributed by atoms with E-state index in [4.69, 9.17) is 5.10 Å². The number of hydrogen-bond donors (Lipinski definition) is 0. The molecule has 4 rings (SSSR count). The zero-order valence-corrected chi connectivity index (χ0v) is 16.6. The molecule has 0 unspecified atom stereocenters. The SMILES string of the molecule is CN1CCN(C(=O)/C=C/c2cn(Cc3ccccc3)nc2-c2cccnc2)CC1. The van der Waals surface area contributed by atoms with Crippen molar-refractivity contribution in [2.75, 3.05) is 33.2 Å². The van der Waals surface area contributed by atoms with Crippen molar-refractivity contribution >= 4 is 12.0 Å². The lowest BCUT2D eigenvalue weighted by Gasteiger charge is -2.31. The van der Waals surface area contributed by atoms with Crippen LogP contribution in [0.4, 0.5) is 0 Å². The largest absolute Gasteiger partial charge is 0.337 e. The van der Waals surface area contributed by atoms with Crippen LogP contribution in [-0.2, 0) is 11.3 Å². The molecule has 6 nitrogen and oxygen atoms in total. The molecule has 148 valence electrons. The first-order valence-electron chi connectivity index (χ1n) is 9.86. The minimum Gasteiger partial charge on any atom is -0.337 e. The van der Waals surface area contributed by atoms with Gasteiger partial charge in [-0.3, -0.25) is 14.5 Å². The number of amides is 1. The highest BCUT2D eigenvalue weighted by atomic mass is 16.2. The highest BCUT2D eigenvalue weighted by Gasteiger charge is 2.17. The van der Waals surface area contributed by atoms with Gasteiger partial charge in [-0.2, -0.15) is 5.10 Å². The summed E-state index contributed by atoms with van der Waals surface area (Å²) < 4.78 is 1.91. The van der Waals surface area contributed by atoms with E-state index < -0.39 is 0 Å². The van der Waals surface area contributed by atoms with Crippen LogP contribution in [0, 0.1) is 0 Å². The van der Waals surface area contributed by atoms with Gasteiger partial charge in [0.25, 0.3) is 0 Å². The first-order valence-corrected chi connectivity index (χ1v) is 9.86. The van der Waals surface area contributed by atoms with Crippen molar-refractivity contribution in [2.24, 2.45) is 0 Å². The van der Waals surface area contributed by atoms with Crippen molar-refractivity contribution < 1.29 is 4.79 Å². The molecule has 1 saturated heterocycles. The Balaban J connectivity index is 1.58. The monoisotopic (exact) mass is 387 g/mol. The van der Waals surface area contributed by atoms with E-state index in [-0.39, 0.29) is 5.91 Å². The second-order valence-corrected chi connectivity index (χ2v) is 7.32. The van der Waals surface area contributed by atoms with Gasteiger partial charge in [0.2, 0.25) is 5.91 Å². The van der Waals surface area contributed by atoms with Crippen LogP contribution in [-0.4, -0.2) is 63.7 Å². The molecule has 1 aromatic carbocycles. The van der Waals surface area contributed by atoms with Gasteiger partial charge in [-0.15, -0.1) is 0 Å². The lowest BCUT2D eigenvalue weighted by molar-refractivity contribution is -0.127. The Bertz CT molecular complexity index is 973. The third-order valence-electron chi connectivity index (χ3n) is 5.13. The molecular formula is C23H25N5O. The zero-order valence-electron chi connectivity index (χ0n) is 16.6. The molecule has 0 radical (unpaired) electrons. The van der Waals surface area contributed by atoms with Gasteiger partial charge in [0.1, 0.15) is 5.69 Å². The molecule has 3 heterocycles. The molecule has 29 heavy (non-hydrogen) atoms. The van der Waals surface area contributed by atoms with Gasteiger partial charge in [0, 0.05) is 62.0 Å². The summed E-state index contributed by atoms with van der Waals surface area (Å²) >= 11 is 0. The van der Waals surface area contributed by atoms with Crippen molar-refractivity contribution in [3.63, 3.8) is 0 Å². The molecule has 0 aliphatic carbocycles. The van der Waals surface area contributed by atoms with Crippen LogP contribution in [0.2, 0.25) is 0 Å². The molecule has 1 fully saturated rings. The molecule has 3 aromatic rings. The Hall–Kier alpha value is -3.25. The Morgan fingerprint density at radius 3 is 2.59 bits per heavy atom. The van der Waals surface area contributed by atoms with E-state index in [9.17, 15) is 4.79 Å². The number of pyridine rings is 1. The average Bonchev–Trinajstić information content (AvgIpc) is 3.16. The second-order valence-electron chi connectivity index (χ2n) is 7.32. The molecule has 1 aliphatic rings. The van der Waals surface area contributed by atoms with Crippen LogP contribution in [0.1, 0.15) is 11.1 Å². The van der Waals surface area contributed by atoms with Crippen LogP contribution >= 0.6 is 0 Å². The number of rotatable bonds is 5. The predicted octanol–water partition coefficient (Wildman–Crippen LogP) is 2.78. The molecule has 0 atom stereocenters. The first-order chi connectivity index (χ1) is 14.2. The maximum Gasteiger partial charge on any atom is 0.246 e. The molecule has 1 aliphatic heterocycles. The van der Waals surface area contributed by atoms with Crippen molar-refractivity contribution in [2.45, 2.75) is 6.54 Å². The Morgan fingerprint density at radius 1 is 1.07 bits per heavy atom. The maximum atomic E-state index is 12.6. The number of benzene rings is 1. The Morgan fingerprint density at radius 2 is 1.86 bits per heavy atom. The van der Waals surface area contributed by atoms with E-state index in [1.165, 1.54) is 5.56 Å². The number of piperazine rings is 1. The molecular weight excluding hydrogens is 362 g/mol. The van der Waals surface area contributed by atoms with Crippen molar-refractivity contribution in [3.8, 4) is 11.3 Å². The first kappa shape index (κ1) is 19.1. The van der Waals surface area contributed by atoms with Crippen LogP contribution in [0.5, 0.6) is 0 Å². The molecule has 1 amide bonds. The molecule has 0 bridgehead atoms. The molecule has 2 aromatic heterocycles. The van der Waals surface area contributed by atoms with Crippen molar-refractivity contribution in [1.82, 2.24) is 24.6 Å². The highest BCUT2D eigenvalue weighted by Crippen LogP contribution is 2.23. The van der Waals surface area contributed by atoms with Crippen LogP contribution < -0.4 is 0 Å². The highest BCUT2D eigenvalue weighted by molar-refractivity contribution is 5.92. The van der Waals surface area contributed by atoms with Gasteiger partial charge in [0.05, 0.1) is 6.54 Å². The lowest BCUT2D eigenvalue weighted by Crippen LogP contribution is -2.46. The van der Waals surface area contributed by atoms with Crippen molar-refractivity contribution in [1.29, 1.82) is 0 Å². The number of carbonyl (C=O) groups is 1. The van der Waals surface area contributed by atoms with Gasteiger partial charge in [0.15, 0.2) is 0 Å². The smallest absolute Gasteiger partial charge is 0.246 e. The summed E-state index contributed by atoms with van der Waals surface area (Å²) in [5.74, 6) is 0.0473. The van der Waals surface area contributed by atoms with E-state index in [2.05, 4.69) is 29.1 Å². The zero-order chi connectivity index (χ0) is 20.1. The van der Waals surface area contributed by atoms with E-state index in [0.717, 1.165) is 43.0 Å². The second kappa shape index (κ2) is 8.84. The summed E-state index contributed by atoms with van der Waals surface area (Å²) in [6, 6.07) is 14.1. The summed E-state index contributed by atoms with van der Waals surface area (Å²) in [5.41, 5.74) is 3.86. The Kier molecular flexibility index (Phi) is 5.81. The predicted molar refractivity (Wildman–Crippen MR) is 114 cm³/mol. The van der Waals surface area contributed by atoms with Gasteiger partial charge < -0.3 is 9.80 Å². The number of carbonyl (C=O) groups excluding carboxylic acids is 1. The normalized spacial score (nSPS) is 15.1. The quantitative estimate of drug-likeness (QED) is 0.632. The number of aromatic nitrogens is 3. The summed E-state index contributed by atoms with van der Waals surface area (Å²) in [7, 11) is 2.08. The van der Waals surface area contributed by atoms with E-state index >= 15 is 0 Å². The van der Waals surface area contributed by atoms with Gasteiger partial charge in [-0.1, -0.05) is 30.3 Å². The topological polar surface area (TPSA) is 54.3 Å². The average molecular weight is 387 g/mol. The third-order valence-corrected chi connectivity index (χ3v) is 5.13. The fourth-order valence-corrected chi connectivity index (χ4v) is 3.43. The van der Waals surface area contributed by atoms with E-state index in [1.807, 2.05) is 52.2 Å². The van der Waals surface area contributed by atoms with Crippen LogP contribution in [0.3, 0.4) is 0 Å². The lowest BCUT2D eigenvalue weighted by atomic mass is 10.1. The van der Waals surface area contributed by atoms with Gasteiger partial charge in [-0.25, -0.2) is 0 Å². The maximum absolute atomic E-state index is 12.6.